The van der Waals surface area contributed by atoms with Crippen LogP contribution >= 0.6 is 0 Å². The van der Waals surface area contributed by atoms with Gasteiger partial charge in [-0.2, -0.15) is 0 Å². The molecule has 1 aliphatic carbocycles. The second-order valence-corrected chi connectivity index (χ2v) is 4.88. The molecule has 1 aliphatic rings. The van der Waals surface area contributed by atoms with Crippen LogP contribution < -0.4 is 5.73 Å². The van der Waals surface area contributed by atoms with Crippen molar-refractivity contribution in [2.24, 2.45) is 11.7 Å². The number of carbonyl (C=O) groups excluding carboxylic acids is 1. The predicted octanol–water partition coefficient (Wildman–Crippen LogP) is 1.22. The van der Waals surface area contributed by atoms with Crippen molar-refractivity contribution in [3.05, 3.63) is 47.8 Å². The first-order valence-electron chi connectivity index (χ1n) is 6.49. The van der Waals surface area contributed by atoms with Crippen molar-refractivity contribution in [3.63, 3.8) is 0 Å². The van der Waals surface area contributed by atoms with Gasteiger partial charge in [0.15, 0.2) is 5.78 Å². The van der Waals surface area contributed by atoms with Crippen LogP contribution in [0.2, 0.25) is 0 Å². The van der Waals surface area contributed by atoms with E-state index in [0.29, 0.717) is 24.7 Å². The minimum Gasteiger partial charge on any atom is -0.329 e. The summed E-state index contributed by atoms with van der Waals surface area (Å²) in [7, 11) is 0. The first-order chi connectivity index (χ1) is 9.29. The molecule has 0 amide bonds. The molecule has 1 aromatic carbocycles. The minimum atomic E-state index is 0.0606. The highest BCUT2D eigenvalue weighted by atomic mass is 16.1. The molecule has 1 heterocycles. The molecular weight excluding hydrogens is 240 g/mol. The number of nitrogens with two attached hydrogens (primary N) is 1. The monoisotopic (exact) mass is 256 g/mol. The molecule has 19 heavy (non-hydrogen) atoms. The zero-order chi connectivity index (χ0) is 13.2. The van der Waals surface area contributed by atoms with Crippen molar-refractivity contribution in [2.45, 2.75) is 18.9 Å². The van der Waals surface area contributed by atoms with Gasteiger partial charge in [0.05, 0.1) is 12.7 Å². The average Bonchev–Trinajstić information content (AvgIpc) is 3.12. The fraction of sp³-hybridized carbons (Fsp3) is 0.357. The van der Waals surface area contributed by atoms with Crippen LogP contribution in [0, 0.1) is 5.92 Å². The maximum absolute atomic E-state index is 12.3. The predicted molar refractivity (Wildman–Crippen MR) is 70.7 cm³/mol. The number of nitrogens with zero attached hydrogens (tertiary/aromatic N) is 3. The quantitative estimate of drug-likeness (QED) is 0.816. The second kappa shape index (κ2) is 4.93. The van der Waals surface area contributed by atoms with Gasteiger partial charge in [0, 0.05) is 12.5 Å². The molecule has 1 fully saturated rings. The van der Waals surface area contributed by atoms with E-state index in [1.54, 1.807) is 10.9 Å². The first-order valence-corrected chi connectivity index (χ1v) is 6.49. The van der Waals surface area contributed by atoms with Crippen molar-refractivity contribution in [2.75, 3.05) is 6.54 Å². The highest BCUT2D eigenvalue weighted by molar-refractivity contribution is 5.98. The van der Waals surface area contributed by atoms with Crippen molar-refractivity contribution in [1.29, 1.82) is 0 Å². The van der Waals surface area contributed by atoms with Crippen molar-refractivity contribution >= 4 is 5.78 Å². The fourth-order valence-corrected chi connectivity index (χ4v) is 2.40. The van der Waals surface area contributed by atoms with E-state index in [4.69, 9.17) is 5.73 Å². The van der Waals surface area contributed by atoms with Gasteiger partial charge in [0.1, 0.15) is 5.69 Å². The molecule has 2 atom stereocenters. The molecule has 0 saturated heterocycles. The third-order valence-corrected chi connectivity index (χ3v) is 3.50. The molecule has 0 aliphatic heterocycles. The molecule has 1 saturated carbocycles. The molecule has 98 valence electrons. The second-order valence-electron chi connectivity index (χ2n) is 4.88. The summed E-state index contributed by atoms with van der Waals surface area (Å²) in [5.41, 5.74) is 7.13. The third-order valence-electron chi connectivity index (χ3n) is 3.50. The van der Waals surface area contributed by atoms with Crippen LogP contribution in [-0.2, 0) is 6.54 Å². The maximum atomic E-state index is 12.3. The van der Waals surface area contributed by atoms with E-state index in [0.717, 1.165) is 6.42 Å². The summed E-state index contributed by atoms with van der Waals surface area (Å²) in [6.45, 7) is 1.08. The molecule has 2 aromatic rings. The Bertz CT molecular complexity index is 578. The Morgan fingerprint density at radius 3 is 2.89 bits per heavy atom. The van der Waals surface area contributed by atoms with Gasteiger partial charge in [-0.3, -0.25) is 9.48 Å². The van der Waals surface area contributed by atoms with Gasteiger partial charge in [-0.25, -0.2) is 0 Å². The number of hydrogen-bond acceptors (Lipinski definition) is 4. The number of Topliss-reactive ketones (excluding diaryl/α,β-unsaturated/α-hetero) is 1. The largest absolute Gasteiger partial charge is 0.329 e. The van der Waals surface area contributed by atoms with Crippen LogP contribution in [0.3, 0.4) is 0 Å². The summed E-state index contributed by atoms with van der Waals surface area (Å²) in [5, 5.41) is 7.83. The number of ketones is 1. The summed E-state index contributed by atoms with van der Waals surface area (Å²) >= 11 is 0. The zero-order valence-electron chi connectivity index (χ0n) is 10.6. The topological polar surface area (TPSA) is 73.8 Å². The SMILES string of the molecule is NCCn1cc(C(=O)C2CC2c2ccccc2)nn1. The van der Waals surface area contributed by atoms with Crippen molar-refractivity contribution in [3.8, 4) is 0 Å². The molecule has 0 spiro atoms. The smallest absolute Gasteiger partial charge is 0.188 e. The van der Waals surface area contributed by atoms with Crippen molar-refractivity contribution < 1.29 is 4.79 Å². The Morgan fingerprint density at radius 1 is 1.37 bits per heavy atom. The molecule has 0 radical (unpaired) electrons. The molecule has 2 N–H and O–H groups in total. The third kappa shape index (κ3) is 2.42. The summed E-state index contributed by atoms with van der Waals surface area (Å²) in [6, 6.07) is 10.1. The Balaban J connectivity index is 1.69. The van der Waals surface area contributed by atoms with E-state index in [-0.39, 0.29) is 11.7 Å². The van der Waals surface area contributed by atoms with E-state index in [1.807, 2.05) is 18.2 Å². The van der Waals surface area contributed by atoms with Gasteiger partial charge in [0.25, 0.3) is 0 Å². The molecule has 5 nitrogen and oxygen atoms in total. The lowest BCUT2D eigenvalue weighted by molar-refractivity contribution is 0.0960. The number of rotatable bonds is 5. The molecule has 5 heteroatoms. The summed E-state index contributed by atoms with van der Waals surface area (Å²) < 4.78 is 1.62. The lowest BCUT2D eigenvalue weighted by atomic mass is 10.1. The van der Waals surface area contributed by atoms with Gasteiger partial charge in [-0.15, -0.1) is 5.10 Å². The number of benzene rings is 1. The fourth-order valence-electron chi connectivity index (χ4n) is 2.40. The van der Waals surface area contributed by atoms with Crippen LogP contribution in [-0.4, -0.2) is 27.3 Å². The van der Waals surface area contributed by atoms with Crippen LogP contribution in [0.5, 0.6) is 0 Å². The van der Waals surface area contributed by atoms with E-state index in [2.05, 4.69) is 22.4 Å². The van der Waals surface area contributed by atoms with E-state index in [9.17, 15) is 4.79 Å². The van der Waals surface area contributed by atoms with Crippen LogP contribution in [0.15, 0.2) is 36.5 Å². The van der Waals surface area contributed by atoms with E-state index < -0.39 is 0 Å². The molecule has 2 unspecified atom stereocenters. The Kier molecular flexibility index (Phi) is 3.13. The molecular formula is C14H16N4O. The lowest BCUT2D eigenvalue weighted by Crippen LogP contribution is -2.10. The minimum absolute atomic E-state index is 0.0606. The van der Waals surface area contributed by atoms with Gasteiger partial charge >= 0.3 is 0 Å². The highest BCUT2D eigenvalue weighted by Gasteiger charge is 2.44. The van der Waals surface area contributed by atoms with Gasteiger partial charge < -0.3 is 5.73 Å². The van der Waals surface area contributed by atoms with Gasteiger partial charge in [-0.1, -0.05) is 35.5 Å². The summed E-state index contributed by atoms with van der Waals surface area (Å²) in [5.74, 6) is 0.496. The first kappa shape index (κ1) is 12.0. The van der Waals surface area contributed by atoms with Crippen LogP contribution in [0.1, 0.15) is 28.4 Å². The van der Waals surface area contributed by atoms with Crippen molar-refractivity contribution in [1.82, 2.24) is 15.0 Å². The van der Waals surface area contributed by atoms with Crippen LogP contribution in [0.25, 0.3) is 0 Å². The number of aromatic nitrogens is 3. The normalized spacial score (nSPS) is 21.3. The number of hydrogen-bond donors (Lipinski definition) is 1. The summed E-state index contributed by atoms with van der Waals surface area (Å²) in [4.78, 5) is 12.3. The Hall–Kier alpha value is -2.01. The molecule has 0 bridgehead atoms. The van der Waals surface area contributed by atoms with Gasteiger partial charge in [-0.05, 0) is 17.9 Å². The maximum Gasteiger partial charge on any atom is 0.188 e. The van der Waals surface area contributed by atoms with Gasteiger partial charge in [0.2, 0.25) is 0 Å². The average molecular weight is 256 g/mol. The number of carbonyl (C=O) groups is 1. The zero-order valence-corrected chi connectivity index (χ0v) is 10.6. The summed E-state index contributed by atoms with van der Waals surface area (Å²) in [6.07, 6.45) is 2.60. The highest BCUT2D eigenvalue weighted by Crippen LogP contribution is 2.48. The van der Waals surface area contributed by atoms with E-state index in [1.165, 1.54) is 5.56 Å². The lowest BCUT2D eigenvalue weighted by Gasteiger charge is -1.98. The molecule has 3 rings (SSSR count). The standard InChI is InChI=1S/C14H16N4O/c15-6-7-18-9-13(16-17-18)14(19)12-8-11(12)10-4-2-1-3-5-10/h1-5,9,11-12H,6-8,15H2. The van der Waals surface area contributed by atoms with E-state index >= 15 is 0 Å². The Labute approximate surface area is 111 Å². The molecule has 1 aromatic heterocycles. The van der Waals surface area contributed by atoms with Crippen LogP contribution in [0.4, 0.5) is 0 Å². The Morgan fingerprint density at radius 2 is 2.16 bits per heavy atom.